The lowest BCUT2D eigenvalue weighted by Crippen LogP contribution is -2.36. The van der Waals surface area contributed by atoms with Gasteiger partial charge in [0.05, 0.1) is 10.5 Å². The molecule has 6 heteroatoms. The Balaban J connectivity index is 2.47. The zero-order valence-corrected chi connectivity index (χ0v) is 14.0. The van der Waals surface area contributed by atoms with Crippen molar-refractivity contribution < 1.29 is 13.2 Å². The van der Waals surface area contributed by atoms with Gasteiger partial charge in [0.15, 0.2) is 9.84 Å². The van der Waals surface area contributed by atoms with Crippen LogP contribution in [0.3, 0.4) is 0 Å². The summed E-state index contributed by atoms with van der Waals surface area (Å²) in [6.45, 7) is 5.03. The maximum Gasteiger partial charge on any atom is 0.244 e. The zero-order chi connectivity index (χ0) is 16.1. The summed E-state index contributed by atoms with van der Waals surface area (Å²) in [5, 5.41) is 3.19. The van der Waals surface area contributed by atoms with Gasteiger partial charge in [0, 0.05) is 17.6 Å². The molecule has 0 fully saturated rings. The van der Waals surface area contributed by atoms with Crippen molar-refractivity contribution in [1.29, 1.82) is 0 Å². The van der Waals surface area contributed by atoms with E-state index in [1.165, 1.54) is 6.08 Å². The van der Waals surface area contributed by atoms with Crippen LogP contribution in [0.1, 0.15) is 26.3 Å². The molecule has 4 nitrogen and oxygen atoms in total. The number of carbonyl (C=O) groups excluding carboxylic acids is 1. The summed E-state index contributed by atoms with van der Waals surface area (Å²) in [6, 6.07) is 7.04. The molecule has 0 atom stereocenters. The summed E-state index contributed by atoms with van der Waals surface area (Å²) in [5.74, 6) is -0.397. The van der Waals surface area contributed by atoms with E-state index in [-0.39, 0.29) is 18.2 Å². The van der Waals surface area contributed by atoms with Crippen molar-refractivity contribution in [3.63, 3.8) is 0 Å². The molecule has 0 aromatic heterocycles. The SMILES string of the molecule is CC(C)(C)S(=O)(=O)CCNC(=O)/C=C/c1ccc(Cl)cc1. The second kappa shape index (κ2) is 7.09. The number of rotatable bonds is 5. The average molecular weight is 330 g/mol. The molecule has 0 aliphatic carbocycles. The molecule has 0 unspecified atom stereocenters. The largest absolute Gasteiger partial charge is 0.352 e. The van der Waals surface area contributed by atoms with Crippen LogP contribution in [0.4, 0.5) is 0 Å². The molecule has 1 N–H and O–H groups in total. The van der Waals surface area contributed by atoms with Crippen LogP contribution in [-0.4, -0.2) is 31.4 Å². The molecule has 1 amide bonds. The van der Waals surface area contributed by atoms with Crippen molar-refractivity contribution in [2.45, 2.75) is 25.5 Å². The topological polar surface area (TPSA) is 63.2 Å². The van der Waals surface area contributed by atoms with E-state index >= 15 is 0 Å². The Morgan fingerprint density at radius 1 is 1.24 bits per heavy atom. The summed E-state index contributed by atoms with van der Waals surface area (Å²) < 4.78 is 22.9. The molecule has 0 saturated carbocycles. The Kier molecular flexibility index (Phi) is 5.98. The van der Waals surface area contributed by atoms with Crippen LogP contribution < -0.4 is 5.32 Å². The second-order valence-corrected chi connectivity index (χ2v) is 8.91. The number of halogens is 1. The van der Waals surface area contributed by atoms with E-state index in [0.717, 1.165) is 5.56 Å². The Labute approximate surface area is 131 Å². The molecule has 1 aromatic carbocycles. The van der Waals surface area contributed by atoms with E-state index in [1.807, 2.05) is 0 Å². The van der Waals surface area contributed by atoms with Gasteiger partial charge in [0.1, 0.15) is 0 Å². The molecule has 0 aliphatic heterocycles. The van der Waals surface area contributed by atoms with Crippen LogP contribution in [-0.2, 0) is 14.6 Å². The molecular weight excluding hydrogens is 310 g/mol. The molecule has 21 heavy (non-hydrogen) atoms. The van der Waals surface area contributed by atoms with Crippen molar-refractivity contribution >= 4 is 33.4 Å². The van der Waals surface area contributed by atoms with E-state index in [2.05, 4.69) is 5.32 Å². The molecule has 116 valence electrons. The first kappa shape index (κ1) is 17.7. The standard InChI is InChI=1S/C15H20ClNO3S/c1-15(2,3)21(19,20)11-10-17-14(18)9-6-12-4-7-13(16)8-5-12/h4-9H,10-11H2,1-3H3,(H,17,18)/b9-6+. The molecule has 1 aromatic rings. The third kappa shape index (κ3) is 5.89. The van der Waals surface area contributed by atoms with Crippen molar-refractivity contribution in [3.05, 3.63) is 40.9 Å². The molecule has 0 radical (unpaired) electrons. The highest BCUT2D eigenvalue weighted by Crippen LogP contribution is 2.15. The normalized spacial score (nSPS) is 12.6. The highest BCUT2D eigenvalue weighted by atomic mass is 35.5. The minimum absolute atomic E-state index is 0.0724. The Morgan fingerprint density at radius 2 is 1.81 bits per heavy atom. The maximum atomic E-state index is 11.9. The number of hydrogen-bond donors (Lipinski definition) is 1. The maximum absolute atomic E-state index is 11.9. The number of sulfone groups is 1. The van der Waals surface area contributed by atoms with Crippen LogP contribution in [0, 0.1) is 0 Å². The van der Waals surface area contributed by atoms with Crippen LogP contribution in [0.15, 0.2) is 30.3 Å². The van der Waals surface area contributed by atoms with Gasteiger partial charge in [-0.25, -0.2) is 8.42 Å². The first-order chi connectivity index (χ1) is 9.62. The van der Waals surface area contributed by atoms with E-state index in [9.17, 15) is 13.2 Å². The fourth-order valence-corrected chi connectivity index (χ4v) is 2.53. The summed E-state index contributed by atoms with van der Waals surface area (Å²) in [7, 11) is -3.22. The van der Waals surface area contributed by atoms with Gasteiger partial charge in [-0.15, -0.1) is 0 Å². The van der Waals surface area contributed by atoms with Crippen LogP contribution >= 0.6 is 11.6 Å². The van der Waals surface area contributed by atoms with Gasteiger partial charge >= 0.3 is 0 Å². The van der Waals surface area contributed by atoms with Gasteiger partial charge in [-0.2, -0.15) is 0 Å². The van der Waals surface area contributed by atoms with Gasteiger partial charge < -0.3 is 5.32 Å². The van der Waals surface area contributed by atoms with Gasteiger partial charge in [-0.3, -0.25) is 4.79 Å². The average Bonchev–Trinajstić information content (AvgIpc) is 2.36. The lowest BCUT2D eigenvalue weighted by atomic mass is 10.2. The van der Waals surface area contributed by atoms with Crippen molar-refractivity contribution in [2.24, 2.45) is 0 Å². The third-order valence-corrected chi connectivity index (χ3v) is 5.76. The molecule has 0 aliphatic rings. The van der Waals surface area contributed by atoms with Crippen molar-refractivity contribution in [2.75, 3.05) is 12.3 Å². The third-order valence-electron chi connectivity index (χ3n) is 2.90. The minimum Gasteiger partial charge on any atom is -0.352 e. The van der Waals surface area contributed by atoms with Crippen molar-refractivity contribution in [1.82, 2.24) is 5.32 Å². The van der Waals surface area contributed by atoms with Gasteiger partial charge in [0.2, 0.25) is 5.91 Å². The fourth-order valence-electron chi connectivity index (χ4n) is 1.42. The summed E-state index contributed by atoms with van der Waals surface area (Å²) in [6.07, 6.45) is 3.01. The van der Waals surface area contributed by atoms with Crippen molar-refractivity contribution in [3.8, 4) is 0 Å². The molecule has 0 bridgehead atoms. The number of carbonyl (C=O) groups is 1. The predicted molar refractivity (Wildman–Crippen MR) is 87.0 cm³/mol. The van der Waals surface area contributed by atoms with E-state index in [0.29, 0.717) is 5.02 Å². The summed E-state index contributed by atoms with van der Waals surface area (Å²) in [4.78, 5) is 11.6. The van der Waals surface area contributed by atoms with E-state index in [4.69, 9.17) is 11.6 Å². The molecule has 0 heterocycles. The van der Waals surface area contributed by atoms with Crippen LogP contribution in [0.5, 0.6) is 0 Å². The Bertz CT molecular complexity index is 613. The van der Waals surface area contributed by atoms with E-state index in [1.54, 1.807) is 51.1 Å². The predicted octanol–water partition coefficient (Wildman–Crippen LogP) is 2.68. The monoisotopic (exact) mass is 329 g/mol. The second-order valence-electron chi connectivity index (χ2n) is 5.61. The van der Waals surface area contributed by atoms with Gasteiger partial charge in [-0.1, -0.05) is 23.7 Å². The summed E-state index contributed by atoms with van der Waals surface area (Å²) in [5.41, 5.74) is 0.844. The minimum atomic E-state index is -3.22. The molecule has 0 saturated heterocycles. The number of amides is 1. The molecular formula is C15H20ClNO3S. The fraction of sp³-hybridized carbons (Fsp3) is 0.400. The molecule has 0 spiro atoms. The number of hydrogen-bond acceptors (Lipinski definition) is 3. The van der Waals surface area contributed by atoms with Crippen LogP contribution in [0.2, 0.25) is 5.02 Å². The van der Waals surface area contributed by atoms with Gasteiger partial charge in [0.25, 0.3) is 0 Å². The Hall–Kier alpha value is -1.33. The smallest absolute Gasteiger partial charge is 0.244 e. The number of nitrogens with one attached hydrogen (secondary N) is 1. The first-order valence-corrected chi connectivity index (χ1v) is 8.59. The van der Waals surface area contributed by atoms with E-state index < -0.39 is 14.6 Å². The summed E-state index contributed by atoms with van der Waals surface area (Å²) >= 11 is 5.76. The highest BCUT2D eigenvalue weighted by Gasteiger charge is 2.28. The van der Waals surface area contributed by atoms with Crippen LogP contribution in [0.25, 0.3) is 6.08 Å². The molecule has 1 rings (SSSR count). The van der Waals surface area contributed by atoms with Gasteiger partial charge in [-0.05, 0) is 44.5 Å². The lowest BCUT2D eigenvalue weighted by molar-refractivity contribution is -0.116. The highest BCUT2D eigenvalue weighted by molar-refractivity contribution is 7.92. The Morgan fingerprint density at radius 3 is 2.33 bits per heavy atom. The first-order valence-electron chi connectivity index (χ1n) is 6.55. The zero-order valence-electron chi connectivity index (χ0n) is 12.4. The lowest BCUT2D eigenvalue weighted by Gasteiger charge is -2.18. The quantitative estimate of drug-likeness (QED) is 0.845. The number of benzene rings is 1.